The highest BCUT2D eigenvalue weighted by atomic mass is 19.4. The van der Waals surface area contributed by atoms with Crippen LogP contribution in [0.4, 0.5) is 13.2 Å². The van der Waals surface area contributed by atoms with Crippen LogP contribution < -0.4 is 10.1 Å². The molecule has 0 atom stereocenters. The number of benzene rings is 3. The van der Waals surface area contributed by atoms with Gasteiger partial charge in [-0.1, -0.05) is 68.7 Å². The van der Waals surface area contributed by atoms with Gasteiger partial charge in [-0.2, -0.15) is 13.2 Å². The second kappa shape index (κ2) is 13.5. The summed E-state index contributed by atoms with van der Waals surface area (Å²) in [7, 11) is 0. The standard InChI is InChI=1S/C19H23NO.C13H13F3N2/c1-3-7-17(8-4-1)20-15-16-11-13-19(14-12-16)21-18-9-5-2-6-10-18;1-3-11-8(2)17-12(18-11)9-4-6-10(7-5-9)13(14,15)16/h2,5-6,9-14,17,20H,1,3-4,7-8,15H2;4-7H,3H2,1-2H3,(H,17,18). The number of hydrogen-bond acceptors (Lipinski definition) is 3. The molecule has 7 heteroatoms. The van der Waals surface area contributed by atoms with Crippen molar-refractivity contribution >= 4 is 0 Å². The molecule has 2 N–H and O–H groups in total. The van der Waals surface area contributed by atoms with E-state index in [1.807, 2.05) is 56.3 Å². The van der Waals surface area contributed by atoms with Crippen LogP contribution in [-0.4, -0.2) is 16.0 Å². The van der Waals surface area contributed by atoms with E-state index in [9.17, 15) is 13.2 Å². The zero-order valence-electron chi connectivity index (χ0n) is 22.5. The lowest BCUT2D eigenvalue weighted by Crippen LogP contribution is -2.30. The fourth-order valence-electron chi connectivity index (χ4n) is 4.66. The minimum Gasteiger partial charge on any atom is -0.457 e. The Kier molecular flexibility index (Phi) is 9.82. The Bertz CT molecular complexity index is 1280. The monoisotopic (exact) mass is 535 g/mol. The van der Waals surface area contributed by atoms with Crippen LogP contribution in [0.25, 0.3) is 11.4 Å². The number of rotatable bonds is 7. The van der Waals surface area contributed by atoms with Crippen molar-refractivity contribution in [3.8, 4) is 22.9 Å². The van der Waals surface area contributed by atoms with Gasteiger partial charge in [0.2, 0.25) is 0 Å². The highest BCUT2D eigenvalue weighted by Crippen LogP contribution is 2.30. The first kappa shape index (κ1) is 28.4. The van der Waals surface area contributed by atoms with Crippen LogP contribution in [0.5, 0.6) is 11.5 Å². The maximum absolute atomic E-state index is 12.4. The van der Waals surface area contributed by atoms with Crippen molar-refractivity contribution in [3.05, 3.63) is 101 Å². The quantitative estimate of drug-likeness (QED) is 0.248. The summed E-state index contributed by atoms with van der Waals surface area (Å²) in [6.07, 6.45) is 3.31. The highest BCUT2D eigenvalue weighted by Gasteiger charge is 2.30. The van der Waals surface area contributed by atoms with Crippen LogP contribution in [0.2, 0.25) is 0 Å². The number of nitrogens with one attached hydrogen (secondary N) is 2. The van der Waals surface area contributed by atoms with Crippen molar-refractivity contribution in [1.29, 1.82) is 0 Å². The van der Waals surface area contributed by atoms with Crippen molar-refractivity contribution in [3.63, 3.8) is 0 Å². The summed E-state index contributed by atoms with van der Waals surface area (Å²) < 4.78 is 43.1. The van der Waals surface area contributed by atoms with E-state index < -0.39 is 11.7 Å². The second-order valence-electron chi connectivity index (χ2n) is 9.86. The van der Waals surface area contributed by atoms with Gasteiger partial charge in [0.25, 0.3) is 0 Å². The molecule has 0 saturated heterocycles. The Morgan fingerprint density at radius 3 is 2.10 bits per heavy atom. The maximum atomic E-state index is 12.4. The van der Waals surface area contributed by atoms with Crippen LogP contribution in [0.3, 0.4) is 0 Å². The van der Waals surface area contributed by atoms with E-state index in [0.717, 1.165) is 48.0 Å². The first-order chi connectivity index (χ1) is 18.8. The average molecular weight is 536 g/mol. The van der Waals surface area contributed by atoms with E-state index in [1.54, 1.807) is 0 Å². The van der Waals surface area contributed by atoms with Gasteiger partial charge in [0.1, 0.15) is 17.3 Å². The third kappa shape index (κ3) is 8.45. The molecule has 1 heterocycles. The van der Waals surface area contributed by atoms with Crippen LogP contribution in [0.1, 0.15) is 61.5 Å². The number of aryl methyl sites for hydroxylation is 2. The SMILES string of the molecule is CCc1nc(-c2ccc(C(F)(F)F)cc2)[nH]c1C.c1ccc(Oc2ccc(CNC3CCCCC3)cc2)cc1. The first-order valence-electron chi connectivity index (χ1n) is 13.6. The molecule has 1 saturated carbocycles. The number of nitrogens with zero attached hydrogens (tertiary/aromatic N) is 1. The Balaban J connectivity index is 0.000000183. The lowest BCUT2D eigenvalue weighted by molar-refractivity contribution is -0.137. The molecule has 0 aliphatic heterocycles. The normalized spacial score (nSPS) is 14.0. The van der Waals surface area contributed by atoms with Gasteiger partial charge in [-0.25, -0.2) is 4.98 Å². The maximum Gasteiger partial charge on any atom is 0.416 e. The largest absolute Gasteiger partial charge is 0.457 e. The van der Waals surface area contributed by atoms with Gasteiger partial charge in [-0.3, -0.25) is 0 Å². The van der Waals surface area contributed by atoms with Crippen molar-refractivity contribution < 1.29 is 17.9 Å². The molecule has 1 aliphatic rings. The van der Waals surface area contributed by atoms with Crippen molar-refractivity contribution in [2.24, 2.45) is 0 Å². The minimum absolute atomic E-state index is 0.609. The molecular weight excluding hydrogens is 499 g/mol. The molecular formula is C32H36F3N3O. The summed E-state index contributed by atoms with van der Waals surface area (Å²) in [6, 6.07) is 24.0. The van der Waals surface area contributed by atoms with Gasteiger partial charge in [-0.05, 0) is 68.1 Å². The molecule has 4 aromatic rings. The molecule has 4 nitrogen and oxygen atoms in total. The lowest BCUT2D eigenvalue weighted by atomic mass is 9.95. The molecule has 3 aromatic carbocycles. The number of aromatic amines is 1. The molecule has 0 radical (unpaired) electrons. The van der Waals surface area contributed by atoms with Crippen LogP contribution in [0, 0.1) is 6.92 Å². The highest BCUT2D eigenvalue weighted by molar-refractivity contribution is 5.56. The fraction of sp³-hybridized carbons (Fsp3) is 0.344. The van der Waals surface area contributed by atoms with E-state index in [4.69, 9.17) is 4.74 Å². The predicted octanol–water partition coefficient (Wildman–Crippen LogP) is 8.87. The number of alkyl halides is 3. The molecule has 0 unspecified atom stereocenters. The summed E-state index contributed by atoms with van der Waals surface area (Å²) in [6.45, 7) is 4.84. The Hall–Kier alpha value is -3.58. The number of halogens is 3. The summed E-state index contributed by atoms with van der Waals surface area (Å²) in [5, 5.41) is 3.67. The summed E-state index contributed by atoms with van der Waals surface area (Å²) >= 11 is 0. The molecule has 39 heavy (non-hydrogen) atoms. The van der Waals surface area contributed by atoms with Gasteiger partial charge >= 0.3 is 6.18 Å². The van der Waals surface area contributed by atoms with E-state index in [-0.39, 0.29) is 0 Å². The van der Waals surface area contributed by atoms with Crippen LogP contribution in [-0.2, 0) is 19.1 Å². The number of hydrogen-bond donors (Lipinski definition) is 2. The average Bonchev–Trinajstić information content (AvgIpc) is 3.34. The fourth-order valence-corrected chi connectivity index (χ4v) is 4.66. The Labute approximate surface area is 228 Å². The number of para-hydroxylation sites is 1. The molecule has 1 aromatic heterocycles. The van der Waals surface area contributed by atoms with Crippen LogP contribution >= 0.6 is 0 Å². The number of imidazole rings is 1. The van der Waals surface area contributed by atoms with Crippen molar-refractivity contribution in [2.75, 3.05) is 0 Å². The second-order valence-corrected chi connectivity index (χ2v) is 9.86. The topological polar surface area (TPSA) is 49.9 Å². The Morgan fingerprint density at radius 1 is 0.872 bits per heavy atom. The van der Waals surface area contributed by atoms with Gasteiger partial charge in [0.15, 0.2) is 0 Å². The van der Waals surface area contributed by atoms with E-state index in [0.29, 0.717) is 17.4 Å². The third-order valence-corrected chi connectivity index (χ3v) is 6.91. The third-order valence-electron chi connectivity index (χ3n) is 6.91. The van der Waals surface area contributed by atoms with Crippen LogP contribution in [0.15, 0.2) is 78.9 Å². The molecule has 1 fully saturated rings. The summed E-state index contributed by atoms with van der Waals surface area (Å²) in [5.41, 5.74) is 3.22. The van der Waals surface area contributed by atoms with Gasteiger partial charge in [0, 0.05) is 23.8 Å². The molecule has 1 aliphatic carbocycles. The minimum atomic E-state index is -4.30. The van der Waals surface area contributed by atoms with E-state index in [1.165, 1.54) is 49.8 Å². The predicted molar refractivity (Wildman–Crippen MR) is 150 cm³/mol. The number of H-pyrrole nitrogens is 1. The Morgan fingerprint density at radius 2 is 1.51 bits per heavy atom. The number of aromatic nitrogens is 2. The first-order valence-corrected chi connectivity index (χ1v) is 13.6. The summed E-state index contributed by atoms with van der Waals surface area (Å²) in [5.74, 6) is 2.38. The molecule has 0 amide bonds. The van der Waals surface area contributed by atoms with Crippen molar-refractivity contribution in [1.82, 2.24) is 15.3 Å². The van der Waals surface area contributed by atoms with Gasteiger partial charge < -0.3 is 15.0 Å². The number of ether oxygens (including phenoxy) is 1. The zero-order chi connectivity index (χ0) is 27.7. The van der Waals surface area contributed by atoms with Gasteiger partial charge in [-0.15, -0.1) is 0 Å². The van der Waals surface area contributed by atoms with E-state index >= 15 is 0 Å². The molecule has 5 rings (SSSR count). The smallest absolute Gasteiger partial charge is 0.416 e. The van der Waals surface area contributed by atoms with Crippen molar-refractivity contribution in [2.45, 2.75) is 71.1 Å². The van der Waals surface area contributed by atoms with E-state index in [2.05, 4.69) is 27.4 Å². The zero-order valence-corrected chi connectivity index (χ0v) is 22.5. The van der Waals surface area contributed by atoms with Gasteiger partial charge in [0.05, 0.1) is 11.3 Å². The molecule has 0 bridgehead atoms. The molecule has 0 spiro atoms. The lowest BCUT2D eigenvalue weighted by Gasteiger charge is -2.22. The summed E-state index contributed by atoms with van der Waals surface area (Å²) in [4.78, 5) is 7.43. The molecule has 206 valence electrons.